The fourth-order valence-electron chi connectivity index (χ4n) is 3.46. The van der Waals surface area contributed by atoms with Gasteiger partial charge in [-0.25, -0.2) is 4.39 Å². The Bertz CT molecular complexity index is 437. The van der Waals surface area contributed by atoms with E-state index >= 15 is 0 Å². The van der Waals surface area contributed by atoms with Crippen LogP contribution in [0.4, 0.5) is 4.39 Å². The van der Waals surface area contributed by atoms with Gasteiger partial charge in [-0.2, -0.15) is 0 Å². The van der Waals surface area contributed by atoms with E-state index in [0.29, 0.717) is 12.6 Å². The minimum atomic E-state index is -0.213. The van der Waals surface area contributed by atoms with Crippen LogP contribution in [0.2, 0.25) is 0 Å². The van der Waals surface area contributed by atoms with Gasteiger partial charge in [-0.3, -0.25) is 4.90 Å². The van der Waals surface area contributed by atoms with E-state index in [2.05, 4.69) is 10.2 Å². The van der Waals surface area contributed by atoms with Crippen LogP contribution in [0.15, 0.2) is 24.3 Å². The molecule has 0 spiro atoms. The van der Waals surface area contributed by atoms with Gasteiger partial charge in [0.05, 0.1) is 0 Å². The maximum Gasteiger partial charge on any atom is 0.123 e. The zero-order valence-electron chi connectivity index (χ0n) is 13.0. The Labute approximate surface area is 138 Å². The van der Waals surface area contributed by atoms with Gasteiger partial charge in [0.2, 0.25) is 0 Å². The molecule has 0 radical (unpaired) electrons. The molecule has 0 aliphatic carbocycles. The summed E-state index contributed by atoms with van der Waals surface area (Å²) in [6, 6.07) is 6.83. The number of halogens is 2. The van der Waals surface area contributed by atoms with Gasteiger partial charge in [0.25, 0.3) is 0 Å². The van der Waals surface area contributed by atoms with Crippen LogP contribution in [0.1, 0.15) is 25.7 Å². The van der Waals surface area contributed by atoms with Crippen molar-refractivity contribution in [3.8, 4) is 5.75 Å². The molecule has 0 amide bonds. The summed E-state index contributed by atoms with van der Waals surface area (Å²) < 4.78 is 18.7. The van der Waals surface area contributed by atoms with E-state index in [4.69, 9.17) is 4.74 Å². The minimum absolute atomic E-state index is 0. The molecule has 2 heterocycles. The Morgan fingerprint density at radius 3 is 2.73 bits per heavy atom. The van der Waals surface area contributed by atoms with Crippen molar-refractivity contribution in [2.24, 2.45) is 5.92 Å². The normalized spacial score (nSPS) is 25.7. The Kier molecular flexibility index (Phi) is 6.93. The summed E-state index contributed by atoms with van der Waals surface area (Å²) in [4.78, 5) is 2.58. The largest absolute Gasteiger partial charge is 0.492 e. The van der Waals surface area contributed by atoms with Crippen molar-refractivity contribution < 1.29 is 9.13 Å². The molecule has 2 saturated heterocycles. The maximum absolute atomic E-state index is 12.9. The summed E-state index contributed by atoms with van der Waals surface area (Å²) in [5.74, 6) is 1.34. The molecule has 2 atom stereocenters. The highest BCUT2D eigenvalue weighted by Crippen LogP contribution is 2.22. The topological polar surface area (TPSA) is 24.5 Å². The molecule has 3 rings (SSSR count). The van der Waals surface area contributed by atoms with E-state index in [1.807, 2.05) is 0 Å². The highest BCUT2D eigenvalue weighted by atomic mass is 35.5. The van der Waals surface area contributed by atoms with Gasteiger partial charge in [0, 0.05) is 12.6 Å². The average Bonchev–Trinajstić information content (AvgIpc) is 2.95. The van der Waals surface area contributed by atoms with Crippen molar-refractivity contribution in [1.82, 2.24) is 10.2 Å². The molecule has 1 aromatic carbocycles. The number of hydrogen-bond donors (Lipinski definition) is 1. The van der Waals surface area contributed by atoms with Gasteiger partial charge in [0.15, 0.2) is 0 Å². The van der Waals surface area contributed by atoms with E-state index in [9.17, 15) is 4.39 Å². The van der Waals surface area contributed by atoms with E-state index in [1.165, 1.54) is 57.5 Å². The van der Waals surface area contributed by atoms with Crippen molar-refractivity contribution in [2.75, 3.05) is 32.8 Å². The fourth-order valence-corrected chi connectivity index (χ4v) is 3.46. The third-order valence-electron chi connectivity index (χ3n) is 4.65. The Balaban J connectivity index is 0.00000176. The van der Waals surface area contributed by atoms with Crippen molar-refractivity contribution in [3.05, 3.63) is 30.1 Å². The van der Waals surface area contributed by atoms with Crippen LogP contribution in [0.3, 0.4) is 0 Å². The zero-order chi connectivity index (χ0) is 14.5. The molecule has 0 bridgehead atoms. The van der Waals surface area contributed by atoms with Crippen molar-refractivity contribution in [3.63, 3.8) is 0 Å². The number of hydrogen-bond acceptors (Lipinski definition) is 3. The maximum atomic E-state index is 12.9. The molecule has 2 aliphatic heterocycles. The molecule has 2 unspecified atom stereocenters. The summed E-state index contributed by atoms with van der Waals surface area (Å²) >= 11 is 0. The monoisotopic (exact) mass is 328 g/mol. The Morgan fingerprint density at radius 1 is 1.18 bits per heavy atom. The predicted octanol–water partition coefficient (Wildman–Crippen LogP) is 3.09. The number of nitrogens with one attached hydrogen (secondary N) is 1. The highest BCUT2D eigenvalue weighted by molar-refractivity contribution is 5.85. The second kappa shape index (κ2) is 8.70. The molecular formula is C17H26ClFN2O. The van der Waals surface area contributed by atoms with Gasteiger partial charge in [0.1, 0.15) is 18.2 Å². The van der Waals surface area contributed by atoms with E-state index < -0.39 is 0 Å². The fraction of sp³-hybridized carbons (Fsp3) is 0.647. The van der Waals surface area contributed by atoms with Gasteiger partial charge in [-0.05, 0) is 75.5 Å². The first-order valence-electron chi connectivity index (χ1n) is 8.14. The van der Waals surface area contributed by atoms with Crippen molar-refractivity contribution in [1.29, 1.82) is 0 Å². The summed E-state index contributed by atoms with van der Waals surface area (Å²) in [6.07, 6.45) is 5.11. The average molecular weight is 329 g/mol. The summed E-state index contributed by atoms with van der Waals surface area (Å²) in [6.45, 7) is 5.42. The number of ether oxygens (including phenoxy) is 1. The lowest BCUT2D eigenvalue weighted by Crippen LogP contribution is -2.42. The van der Waals surface area contributed by atoms with Crippen LogP contribution < -0.4 is 10.1 Å². The molecule has 1 N–H and O–H groups in total. The van der Waals surface area contributed by atoms with Crippen LogP contribution in [0, 0.1) is 11.7 Å². The lowest BCUT2D eigenvalue weighted by Gasteiger charge is -2.31. The van der Waals surface area contributed by atoms with Gasteiger partial charge in [-0.1, -0.05) is 0 Å². The number of rotatable bonds is 5. The van der Waals surface area contributed by atoms with Crippen LogP contribution in [0.25, 0.3) is 0 Å². The number of benzene rings is 1. The third-order valence-corrected chi connectivity index (χ3v) is 4.65. The number of nitrogens with zero attached hydrogens (tertiary/aromatic N) is 1. The highest BCUT2D eigenvalue weighted by Gasteiger charge is 2.27. The molecule has 5 heteroatoms. The van der Waals surface area contributed by atoms with Gasteiger partial charge < -0.3 is 10.1 Å². The molecule has 1 aromatic rings. The first-order valence-corrected chi connectivity index (χ1v) is 8.14. The van der Waals surface area contributed by atoms with E-state index in [0.717, 1.165) is 18.2 Å². The second-order valence-corrected chi connectivity index (χ2v) is 6.27. The van der Waals surface area contributed by atoms with Crippen LogP contribution in [-0.4, -0.2) is 43.7 Å². The summed E-state index contributed by atoms with van der Waals surface area (Å²) in [5, 5.41) is 3.49. The number of piperidine rings is 1. The SMILES string of the molecule is Cl.Fc1ccc(OCC2CCCN2CC2CCCNC2)cc1. The van der Waals surface area contributed by atoms with E-state index in [1.54, 1.807) is 12.1 Å². The lowest BCUT2D eigenvalue weighted by atomic mass is 9.99. The van der Waals surface area contributed by atoms with E-state index in [-0.39, 0.29) is 18.2 Å². The van der Waals surface area contributed by atoms with Crippen LogP contribution in [0.5, 0.6) is 5.75 Å². The first-order chi connectivity index (χ1) is 10.3. The Hall–Kier alpha value is -0.840. The molecule has 3 nitrogen and oxygen atoms in total. The lowest BCUT2D eigenvalue weighted by molar-refractivity contribution is 0.145. The minimum Gasteiger partial charge on any atom is -0.492 e. The van der Waals surface area contributed by atoms with Gasteiger partial charge in [-0.15, -0.1) is 12.4 Å². The molecule has 2 aliphatic rings. The predicted molar refractivity (Wildman–Crippen MR) is 89.3 cm³/mol. The summed E-state index contributed by atoms with van der Waals surface area (Å²) in [5.41, 5.74) is 0. The molecular weight excluding hydrogens is 303 g/mol. The first kappa shape index (κ1) is 17.5. The standard InChI is InChI=1S/C17H25FN2O.ClH/c18-15-5-7-17(8-6-15)21-13-16-4-2-10-20(16)12-14-3-1-9-19-11-14;/h5-8,14,16,19H,1-4,9-13H2;1H. The quantitative estimate of drug-likeness (QED) is 0.899. The summed E-state index contributed by atoms with van der Waals surface area (Å²) in [7, 11) is 0. The molecule has 2 fully saturated rings. The molecule has 0 saturated carbocycles. The van der Waals surface area contributed by atoms with Crippen LogP contribution in [-0.2, 0) is 0 Å². The third kappa shape index (κ3) is 4.83. The molecule has 0 aromatic heterocycles. The van der Waals surface area contributed by atoms with Crippen molar-refractivity contribution in [2.45, 2.75) is 31.7 Å². The zero-order valence-corrected chi connectivity index (χ0v) is 13.8. The number of likely N-dealkylation sites (tertiary alicyclic amines) is 1. The Morgan fingerprint density at radius 2 is 2.00 bits per heavy atom. The smallest absolute Gasteiger partial charge is 0.123 e. The molecule has 22 heavy (non-hydrogen) atoms. The molecule has 124 valence electrons. The van der Waals surface area contributed by atoms with Crippen LogP contribution >= 0.6 is 12.4 Å². The second-order valence-electron chi connectivity index (χ2n) is 6.27. The van der Waals surface area contributed by atoms with Gasteiger partial charge >= 0.3 is 0 Å². The van der Waals surface area contributed by atoms with Crippen molar-refractivity contribution >= 4 is 12.4 Å².